The van der Waals surface area contributed by atoms with E-state index in [1.54, 1.807) is 18.5 Å². The highest BCUT2D eigenvalue weighted by Crippen LogP contribution is 2.29. The highest BCUT2D eigenvalue weighted by Gasteiger charge is 2.28. The first-order valence-corrected chi connectivity index (χ1v) is 11.7. The number of hydrogen-bond acceptors (Lipinski definition) is 6. The smallest absolute Gasteiger partial charge is 0.223 e. The Morgan fingerprint density at radius 3 is 2.82 bits per heavy atom. The number of hydrogen-bond donors (Lipinski definition) is 3. The zero-order valence-corrected chi connectivity index (χ0v) is 18.9. The monoisotopic (exact) mass is 472 g/mol. The lowest BCUT2D eigenvalue weighted by Gasteiger charge is -2.32. The molecule has 174 valence electrons. The second-order valence-electron chi connectivity index (χ2n) is 8.74. The van der Waals surface area contributed by atoms with Gasteiger partial charge in [0.25, 0.3) is 0 Å². The van der Waals surface area contributed by atoms with E-state index in [0.717, 1.165) is 43.9 Å². The Labute approximate surface area is 195 Å². The number of amides is 1. The molecule has 1 aliphatic heterocycles. The first-order valence-electron chi connectivity index (χ1n) is 11.4. The maximum Gasteiger partial charge on any atom is 0.223 e. The number of rotatable bonds is 5. The third-order valence-corrected chi connectivity index (χ3v) is 6.64. The van der Waals surface area contributed by atoms with Gasteiger partial charge in [0.15, 0.2) is 17.5 Å². The van der Waals surface area contributed by atoms with Crippen LogP contribution >= 0.6 is 11.6 Å². The summed E-state index contributed by atoms with van der Waals surface area (Å²) >= 11 is 6.09. The van der Waals surface area contributed by atoms with Crippen molar-refractivity contribution in [1.29, 1.82) is 0 Å². The van der Waals surface area contributed by atoms with Crippen LogP contribution < -0.4 is 10.6 Å². The number of nitrogens with zero attached hydrogens (tertiary/aromatic N) is 3. The summed E-state index contributed by atoms with van der Waals surface area (Å²) in [6.07, 6.45) is 9.49. The van der Waals surface area contributed by atoms with Crippen molar-refractivity contribution in [2.75, 3.05) is 18.5 Å². The van der Waals surface area contributed by atoms with Gasteiger partial charge in [0, 0.05) is 54.6 Å². The van der Waals surface area contributed by atoms with E-state index in [-0.39, 0.29) is 29.7 Å². The lowest BCUT2D eigenvalue weighted by Crippen LogP contribution is -2.45. The zero-order chi connectivity index (χ0) is 22.8. The van der Waals surface area contributed by atoms with Crippen molar-refractivity contribution in [3.05, 3.63) is 35.5 Å². The molecule has 1 aliphatic carbocycles. The fraction of sp³-hybridized carbons (Fsp3) is 0.478. The van der Waals surface area contributed by atoms with Gasteiger partial charge in [-0.05, 0) is 44.6 Å². The highest BCUT2D eigenvalue weighted by atomic mass is 35.5. The number of anilines is 1. The fourth-order valence-corrected chi connectivity index (χ4v) is 4.84. The minimum atomic E-state index is -0.511. The van der Waals surface area contributed by atoms with Crippen LogP contribution in [-0.4, -0.2) is 51.1 Å². The van der Waals surface area contributed by atoms with Gasteiger partial charge in [-0.1, -0.05) is 11.6 Å². The Bertz CT molecular complexity index is 1150. The Morgan fingerprint density at radius 1 is 1.15 bits per heavy atom. The number of halogens is 2. The Balaban J connectivity index is 1.28. The Morgan fingerprint density at radius 2 is 1.97 bits per heavy atom. The third-order valence-electron chi connectivity index (χ3n) is 6.44. The Kier molecular flexibility index (Phi) is 6.41. The van der Waals surface area contributed by atoms with Crippen molar-refractivity contribution >= 4 is 34.4 Å². The Hall–Kier alpha value is -2.78. The average Bonchev–Trinajstić information content (AvgIpc) is 3.24. The van der Waals surface area contributed by atoms with Crippen molar-refractivity contribution in [2.45, 2.75) is 50.6 Å². The van der Waals surface area contributed by atoms with E-state index < -0.39 is 5.82 Å². The fourth-order valence-electron chi connectivity index (χ4n) is 4.69. The third kappa shape index (κ3) is 4.94. The van der Waals surface area contributed by atoms with Gasteiger partial charge < -0.3 is 20.4 Å². The summed E-state index contributed by atoms with van der Waals surface area (Å²) < 4.78 is 19.9. The molecule has 2 fully saturated rings. The van der Waals surface area contributed by atoms with Gasteiger partial charge in [-0.25, -0.2) is 19.3 Å². The summed E-state index contributed by atoms with van der Waals surface area (Å²) in [5.41, 5.74) is 1.36. The van der Waals surface area contributed by atoms with E-state index in [1.807, 2.05) is 0 Å². The molecule has 2 atom stereocenters. The molecule has 33 heavy (non-hydrogen) atoms. The van der Waals surface area contributed by atoms with Crippen LogP contribution in [0, 0.1) is 11.7 Å². The van der Waals surface area contributed by atoms with E-state index in [4.69, 9.17) is 16.3 Å². The van der Waals surface area contributed by atoms with Gasteiger partial charge in [-0.15, -0.1) is 0 Å². The molecule has 0 aromatic carbocycles. The van der Waals surface area contributed by atoms with Crippen molar-refractivity contribution < 1.29 is 13.9 Å². The van der Waals surface area contributed by atoms with Gasteiger partial charge in [0.05, 0.1) is 11.2 Å². The van der Waals surface area contributed by atoms with Crippen molar-refractivity contribution in [3.8, 4) is 11.4 Å². The number of H-pyrrole nitrogens is 1. The quantitative estimate of drug-likeness (QED) is 0.517. The summed E-state index contributed by atoms with van der Waals surface area (Å²) in [5.74, 6) is 0.155. The maximum atomic E-state index is 14.6. The number of aromatic nitrogens is 4. The summed E-state index contributed by atoms with van der Waals surface area (Å²) in [7, 11) is 0. The second-order valence-corrected chi connectivity index (χ2v) is 9.18. The number of carbonyl (C=O) groups excluding carboxylic acids is 1. The SMILES string of the molecule is O=C(NC1CCCC(Nc2nc(-c3c[nH]c4ncc(Cl)cc34)ncc2F)C1)C1CCOCC1. The number of ether oxygens (including phenoxy) is 1. The molecule has 10 heteroatoms. The summed E-state index contributed by atoms with van der Waals surface area (Å²) in [5, 5.41) is 7.71. The molecule has 3 aromatic heterocycles. The van der Waals surface area contributed by atoms with Gasteiger partial charge in [-0.2, -0.15) is 0 Å². The highest BCUT2D eigenvalue weighted by molar-refractivity contribution is 6.31. The molecule has 4 heterocycles. The molecule has 5 rings (SSSR count). The number of carbonyl (C=O) groups is 1. The van der Waals surface area contributed by atoms with E-state index in [9.17, 15) is 9.18 Å². The molecule has 8 nitrogen and oxygen atoms in total. The zero-order valence-electron chi connectivity index (χ0n) is 18.1. The van der Waals surface area contributed by atoms with Gasteiger partial charge in [0.1, 0.15) is 5.65 Å². The van der Waals surface area contributed by atoms with Crippen molar-refractivity contribution in [1.82, 2.24) is 25.3 Å². The van der Waals surface area contributed by atoms with Crippen LogP contribution in [0.15, 0.2) is 24.7 Å². The molecule has 1 amide bonds. The van der Waals surface area contributed by atoms with Crippen LogP contribution in [0.5, 0.6) is 0 Å². The lowest BCUT2D eigenvalue weighted by molar-refractivity contribution is -0.128. The molecule has 3 N–H and O–H groups in total. The standard InChI is InChI=1S/C23H26ClFN6O2/c24-14-8-17-18(11-27-20(17)26-10-14)21-28-12-19(25)22(31-21)29-15-2-1-3-16(9-15)30-23(32)13-4-6-33-7-5-13/h8,10-13,15-16H,1-7,9H2,(H,26,27)(H,30,32)(H,28,29,31). The number of aromatic amines is 1. The van der Waals surface area contributed by atoms with Crippen LogP contribution in [0.25, 0.3) is 22.4 Å². The minimum Gasteiger partial charge on any atom is -0.381 e. The maximum absolute atomic E-state index is 14.6. The minimum absolute atomic E-state index is 0.00932. The predicted molar refractivity (Wildman–Crippen MR) is 123 cm³/mol. The van der Waals surface area contributed by atoms with Crippen molar-refractivity contribution in [3.63, 3.8) is 0 Å². The first kappa shape index (κ1) is 22.0. The van der Waals surface area contributed by atoms with Gasteiger partial charge in [0.2, 0.25) is 5.91 Å². The second kappa shape index (κ2) is 9.61. The number of pyridine rings is 1. The van der Waals surface area contributed by atoms with E-state index in [1.165, 1.54) is 6.20 Å². The molecule has 2 aliphatic rings. The molecule has 1 saturated carbocycles. The normalized spacial score (nSPS) is 21.8. The molecular formula is C23H26ClFN6O2. The largest absolute Gasteiger partial charge is 0.381 e. The van der Waals surface area contributed by atoms with E-state index in [2.05, 4.69) is 30.6 Å². The first-order chi connectivity index (χ1) is 16.1. The molecule has 0 bridgehead atoms. The van der Waals surface area contributed by atoms with Crippen LogP contribution in [0.2, 0.25) is 5.02 Å². The van der Waals surface area contributed by atoms with E-state index in [0.29, 0.717) is 35.3 Å². The van der Waals surface area contributed by atoms with Gasteiger partial charge >= 0.3 is 0 Å². The summed E-state index contributed by atoms with van der Waals surface area (Å²) in [6, 6.07) is 1.86. The predicted octanol–water partition coefficient (Wildman–Crippen LogP) is 4.08. The molecule has 0 spiro atoms. The number of nitrogens with one attached hydrogen (secondary N) is 3. The van der Waals surface area contributed by atoms with Crippen LogP contribution in [-0.2, 0) is 9.53 Å². The van der Waals surface area contributed by atoms with Crippen LogP contribution in [0.1, 0.15) is 38.5 Å². The van der Waals surface area contributed by atoms with Gasteiger partial charge in [-0.3, -0.25) is 4.79 Å². The molecule has 3 aromatic rings. The van der Waals surface area contributed by atoms with Crippen LogP contribution in [0.4, 0.5) is 10.2 Å². The van der Waals surface area contributed by atoms with E-state index >= 15 is 0 Å². The molecular weight excluding hydrogens is 447 g/mol. The van der Waals surface area contributed by atoms with Crippen molar-refractivity contribution in [2.24, 2.45) is 5.92 Å². The summed E-state index contributed by atoms with van der Waals surface area (Å²) in [4.78, 5) is 28.6. The molecule has 1 saturated heterocycles. The topological polar surface area (TPSA) is 105 Å². The summed E-state index contributed by atoms with van der Waals surface area (Å²) in [6.45, 7) is 1.28. The molecule has 0 radical (unpaired) electrons. The average molecular weight is 473 g/mol. The lowest BCUT2D eigenvalue weighted by atomic mass is 9.90. The van der Waals surface area contributed by atoms with Crippen LogP contribution in [0.3, 0.4) is 0 Å². The number of fused-ring (bicyclic) bond motifs is 1. The molecule has 2 unspecified atom stereocenters.